The van der Waals surface area contributed by atoms with Crippen molar-refractivity contribution in [2.45, 2.75) is 32.4 Å². The van der Waals surface area contributed by atoms with E-state index in [0.29, 0.717) is 29.0 Å². The fraction of sp³-hybridized carbons (Fsp3) is 0.304. The van der Waals surface area contributed by atoms with Crippen molar-refractivity contribution in [3.05, 3.63) is 69.6 Å². The quantitative estimate of drug-likeness (QED) is 0.440. The van der Waals surface area contributed by atoms with Gasteiger partial charge in [-0.05, 0) is 74.2 Å². The lowest BCUT2D eigenvalue weighted by molar-refractivity contribution is 0.0971. The molecule has 1 aliphatic carbocycles. The maximum Gasteiger partial charge on any atom is 0.278 e. The fourth-order valence-corrected chi connectivity index (χ4v) is 4.15. The van der Waals surface area contributed by atoms with Crippen LogP contribution in [-0.4, -0.2) is 24.0 Å². The first kappa shape index (κ1) is 20.7. The van der Waals surface area contributed by atoms with Crippen LogP contribution in [0.15, 0.2) is 53.9 Å². The van der Waals surface area contributed by atoms with Crippen LogP contribution in [0.5, 0.6) is 11.5 Å². The highest BCUT2D eigenvalue weighted by atomic mass is 35.5. The van der Waals surface area contributed by atoms with Crippen molar-refractivity contribution in [2.75, 3.05) is 12.0 Å². The lowest BCUT2D eigenvalue weighted by atomic mass is 10.1. The molecule has 3 aromatic rings. The fourth-order valence-electron chi connectivity index (χ4n) is 3.34. The van der Waals surface area contributed by atoms with Crippen molar-refractivity contribution < 1.29 is 14.3 Å². The molecule has 7 heteroatoms. The number of hydrogen-bond acceptors (Lipinski definition) is 5. The summed E-state index contributed by atoms with van der Waals surface area (Å²) < 4.78 is 11.0. The van der Waals surface area contributed by atoms with Crippen LogP contribution in [0.4, 0.5) is 5.69 Å². The monoisotopic (exact) mass is 442 g/mol. The van der Waals surface area contributed by atoms with Gasteiger partial charge in [-0.1, -0.05) is 11.6 Å². The smallest absolute Gasteiger partial charge is 0.278 e. The van der Waals surface area contributed by atoms with Crippen LogP contribution in [0.2, 0.25) is 5.02 Å². The van der Waals surface area contributed by atoms with E-state index in [9.17, 15) is 4.79 Å². The molecule has 1 heterocycles. The van der Waals surface area contributed by atoms with Gasteiger partial charge in [0.1, 0.15) is 28.8 Å². The minimum absolute atomic E-state index is 0.0893. The van der Waals surface area contributed by atoms with Crippen molar-refractivity contribution in [3.63, 3.8) is 0 Å². The normalized spacial score (nSPS) is 14.2. The first-order valence-corrected chi connectivity index (χ1v) is 11.1. The van der Waals surface area contributed by atoms with Crippen LogP contribution in [0.25, 0.3) is 0 Å². The van der Waals surface area contributed by atoms with Crippen LogP contribution >= 0.6 is 22.9 Å². The summed E-state index contributed by atoms with van der Waals surface area (Å²) in [5, 5.41) is 3.22. The van der Waals surface area contributed by atoms with E-state index >= 15 is 0 Å². The third-order valence-electron chi connectivity index (χ3n) is 5.23. The first-order valence-electron chi connectivity index (χ1n) is 9.85. The summed E-state index contributed by atoms with van der Waals surface area (Å²) in [6.07, 6.45) is 2.30. The summed E-state index contributed by atoms with van der Waals surface area (Å²) in [7, 11) is 1.63. The highest BCUT2D eigenvalue weighted by Gasteiger charge is 2.36. The summed E-state index contributed by atoms with van der Waals surface area (Å²) in [6.45, 7) is 2.41. The van der Waals surface area contributed by atoms with Crippen LogP contribution in [-0.2, 0) is 6.61 Å². The predicted octanol–water partition coefficient (Wildman–Crippen LogP) is 5.83. The standard InChI is InChI=1S/C23H23ClN2O3S/c1-15(16-3-4-16)26(18-7-11-19(28-2)12-8-18)23(27)21-14-30-22(25-21)13-29-20-9-5-17(24)6-10-20/h5-12,14-16H,3-4,13H2,1-2H3. The largest absolute Gasteiger partial charge is 0.497 e. The average Bonchev–Trinajstić information content (AvgIpc) is 3.51. The molecule has 1 amide bonds. The summed E-state index contributed by atoms with van der Waals surface area (Å²) >= 11 is 7.33. The lowest BCUT2D eigenvalue weighted by Crippen LogP contribution is -2.40. The van der Waals surface area contributed by atoms with Crippen LogP contribution in [0.3, 0.4) is 0 Å². The minimum atomic E-state index is -0.0893. The van der Waals surface area contributed by atoms with Gasteiger partial charge in [0.2, 0.25) is 0 Å². The van der Waals surface area contributed by atoms with Crippen molar-refractivity contribution in [3.8, 4) is 11.5 Å². The van der Waals surface area contributed by atoms with Gasteiger partial charge in [0, 0.05) is 22.1 Å². The van der Waals surface area contributed by atoms with Gasteiger partial charge in [0.25, 0.3) is 5.91 Å². The van der Waals surface area contributed by atoms with Gasteiger partial charge in [-0.15, -0.1) is 11.3 Å². The summed E-state index contributed by atoms with van der Waals surface area (Å²) in [6, 6.07) is 14.9. The third-order valence-corrected chi connectivity index (χ3v) is 6.30. The molecule has 0 bridgehead atoms. The Morgan fingerprint density at radius 3 is 2.47 bits per heavy atom. The highest BCUT2D eigenvalue weighted by molar-refractivity contribution is 7.09. The summed E-state index contributed by atoms with van der Waals surface area (Å²) in [5.74, 6) is 1.92. The number of ether oxygens (including phenoxy) is 2. The minimum Gasteiger partial charge on any atom is -0.497 e. The third kappa shape index (κ3) is 4.77. The molecule has 30 heavy (non-hydrogen) atoms. The zero-order chi connectivity index (χ0) is 21.1. The molecule has 1 unspecified atom stereocenters. The van der Waals surface area contributed by atoms with E-state index in [4.69, 9.17) is 21.1 Å². The molecule has 0 N–H and O–H groups in total. The van der Waals surface area contributed by atoms with Crippen molar-refractivity contribution >= 4 is 34.5 Å². The zero-order valence-corrected chi connectivity index (χ0v) is 18.4. The zero-order valence-electron chi connectivity index (χ0n) is 16.9. The number of halogens is 1. The van der Waals surface area contributed by atoms with Gasteiger partial charge >= 0.3 is 0 Å². The molecule has 1 fully saturated rings. The summed E-state index contributed by atoms with van der Waals surface area (Å²) in [4.78, 5) is 19.8. The molecule has 1 aliphatic rings. The molecular weight excluding hydrogens is 420 g/mol. The van der Waals surface area contributed by atoms with Crippen molar-refractivity contribution in [1.29, 1.82) is 0 Å². The topological polar surface area (TPSA) is 51.7 Å². The second kappa shape index (κ2) is 9.06. The van der Waals surface area contributed by atoms with Gasteiger partial charge in [-0.25, -0.2) is 4.98 Å². The molecule has 156 valence electrons. The number of amides is 1. The summed E-state index contributed by atoms with van der Waals surface area (Å²) in [5.41, 5.74) is 1.30. The second-order valence-corrected chi connectivity index (χ2v) is 8.70. The molecule has 2 aromatic carbocycles. The average molecular weight is 443 g/mol. The maximum absolute atomic E-state index is 13.4. The van der Waals surface area contributed by atoms with Crippen LogP contribution < -0.4 is 14.4 Å². The SMILES string of the molecule is COc1ccc(N(C(=O)c2csc(COc3ccc(Cl)cc3)n2)C(C)C2CC2)cc1. The predicted molar refractivity (Wildman–Crippen MR) is 120 cm³/mol. The molecule has 0 spiro atoms. The first-order chi connectivity index (χ1) is 14.5. The van der Waals surface area contributed by atoms with Gasteiger partial charge < -0.3 is 14.4 Å². The van der Waals surface area contributed by atoms with Gasteiger partial charge in [0.15, 0.2) is 0 Å². The maximum atomic E-state index is 13.4. The molecule has 1 atom stereocenters. The van der Waals surface area contributed by atoms with Crippen LogP contribution in [0, 0.1) is 5.92 Å². The number of rotatable bonds is 8. The Balaban J connectivity index is 1.50. The van der Waals surface area contributed by atoms with Crippen molar-refractivity contribution in [1.82, 2.24) is 4.98 Å². The highest BCUT2D eigenvalue weighted by Crippen LogP contribution is 2.38. The van der Waals surface area contributed by atoms with E-state index in [1.54, 1.807) is 24.6 Å². The number of carbonyl (C=O) groups is 1. The van der Waals surface area contributed by atoms with E-state index in [1.165, 1.54) is 11.3 Å². The van der Waals surface area contributed by atoms with E-state index < -0.39 is 0 Å². The van der Waals surface area contributed by atoms with Gasteiger partial charge in [-0.2, -0.15) is 0 Å². The van der Waals surface area contributed by atoms with Gasteiger partial charge in [-0.3, -0.25) is 4.79 Å². The Morgan fingerprint density at radius 2 is 1.83 bits per heavy atom. The number of carbonyl (C=O) groups excluding carboxylic acids is 1. The molecule has 5 nitrogen and oxygen atoms in total. The number of benzene rings is 2. The number of aromatic nitrogens is 1. The number of anilines is 1. The molecule has 1 aromatic heterocycles. The Labute approximate surface area is 185 Å². The van der Waals surface area contributed by atoms with E-state index in [1.807, 2.05) is 41.3 Å². The molecule has 1 saturated carbocycles. The van der Waals surface area contributed by atoms with Crippen LogP contribution in [0.1, 0.15) is 35.3 Å². The molecular formula is C23H23ClN2O3S. The Bertz CT molecular complexity index is 1000. The number of nitrogens with zero attached hydrogens (tertiary/aromatic N) is 2. The molecule has 4 rings (SSSR count). The number of thiazole rings is 1. The van der Waals surface area contributed by atoms with E-state index in [-0.39, 0.29) is 11.9 Å². The number of hydrogen-bond donors (Lipinski definition) is 0. The lowest BCUT2D eigenvalue weighted by Gasteiger charge is -2.29. The van der Waals surface area contributed by atoms with Crippen molar-refractivity contribution in [2.24, 2.45) is 5.92 Å². The number of methoxy groups -OCH3 is 1. The molecule has 0 aliphatic heterocycles. The Morgan fingerprint density at radius 1 is 1.17 bits per heavy atom. The van der Waals surface area contributed by atoms with E-state index in [2.05, 4.69) is 11.9 Å². The second-order valence-electron chi connectivity index (χ2n) is 7.32. The molecule has 0 radical (unpaired) electrons. The molecule has 0 saturated heterocycles. The Kier molecular flexibility index (Phi) is 6.25. The van der Waals surface area contributed by atoms with Gasteiger partial charge in [0.05, 0.1) is 7.11 Å². The Hall–Kier alpha value is -2.57. The van der Waals surface area contributed by atoms with E-state index in [0.717, 1.165) is 29.3 Å².